The summed E-state index contributed by atoms with van der Waals surface area (Å²) in [4.78, 5) is 10.7. The summed E-state index contributed by atoms with van der Waals surface area (Å²) in [5.74, 6) is -0.486. The van der Waals surface area contributed by atoms with E-state index in [0.717, 1.165) is 0 Å². The van der Waals surface area contributed by atoms with Gasteiger partial charge in [-0.2, -0.15) is 0 Å². The average Bonchev–Trinajstić information content (AvgIpc) is 2.05. The van der Waals surface area contributed by atoms with Gasteiger partial charge < -0.3 is 0 Å². The van der Waals surface area contributed by atoms with Crippen molar-refractivity contribution in [3.05, 3.63) is 35.9 Å². The smallest absolute Gasteiger partial charge is 0.274 e. The minimum Gasteiger partial charge on any atom is -0.288 e. The Morgan fingerprint density at radius 2 is 1.82 bits per heavy atom. The molecule has 1 aromatic rings. The summed E-state index contributed by atoms with van der Waals surface area (Å²) >= 11 is 0. The molecule has 0 aliphatic heterocycles. The molecule has 11 heavy (non-hydrogen) atoms. The minimum atomic E-state index is -0.486. The molecule has 4 heteroatoms. The summed E-state index contributed by atoms with van der Waals surface area (Å²) in [5, 5.41) is 8.19. The molecule has 4 radical (unpaired) electrons. The second kappa shape index (κ2) is 5.25. The third kappa shape index (κ3) is 2.98. The molecule has 2 N–H and O–H groups in total. The van der Waals surface area contributed by atoms with Gasteiger partial charge in [-0.25, -0.2) is 5.48 Å². The van der Waals surface area contributed by atoms with E-state index in [4.69, 9.17) is 5.21 Å². The number of carbonyl (C=O) groups is 1. The summed E-state index contributed by atoms with van der Waals surface area (Å²) in [6.45, 7) is 0. The number of rotatable bonds is 1. The molecule has 0 saturated carbocycles. The van der Waals surface area contributed by atoms with Crippen LogP contribution in [0.5, 0.6) is 0 Å². The van der Waals surface area contributed by atoms with Crippen LogP contribution in [0.15, 0.2) is 30.3 Å². The van der Waals surface area contributed by atoms with Crippen molar-refractivity contribution in [2.45, 2.75) is 0 Å². The number of nitrogens with one attached hydrogen (secondary N) is 1. The zero-order valence-electron chi connectivity index (χ0n) is 5.74. The Labute approximate surface area is 84.5 Å². The minimum absolute atomic E-state index is 0. The van der Waals surface area contributed by atoms with Gasteiger partial charge in [-0.1, -0.05) is 18.2 Å². The predicted molar refractivity (Wildman–Crippen MR) is 41.4 cm³/mol. The molecule has 0 heterocycles. The zero-order chi connectivity index (χ0) is 7.40. The van der Waals surface area contributed by atoms with Crippen molar-refractivity contribution in [2.75, 3.05) is 0 Å². The number of hydroxylamine groups is 1. The van der Waals surface area contributed by atoms with E-state index < -0.39 is 5.91 Å². The standard InChI is InChI=1S/C7H7NO2.Pb/c9-7(8-10)6-4-2-1-3-5-6;/h1-5,10H,(H,8,9);. The molecule has 1 amide bonds. The van der Waals surface area contributed by atoms with Crippen molar-refractivity contribution >= 4 is 33.2 Å². The van der Waals surface area contributed by atoms with E-state index in [-0.39, 0.29) is 27.3 Å². The molecule has 0 aliphatic carbocycles. The largest absolute Gasteiger partial charge is 0.288 e. The van der Waals surface area contributed by atoms with Crippen LogP contribution in [-0.2, 0) is 0 Å². The number of hydrogen-bond donors (Lipinski definition) is 2. The molecule has 0 aliphatic rings. The first-order valence-electron chi connectivity index (χ1n) is 2.84. The van der Waals surface area contributed by atoms with Crippen LogP contribution in [0.25, 0.3) is 0 Å². The quantitative estimate of drug-likeness (QED) is 0.441. The van der Waals surface area contributed by atoms with Gasteiger partial charge in [0.2, 0.25) is 0 Å². The van der Waals surface area contributed by atoms with Crippen LogP contribution in [0.4, 0.5) is 0 Å². The Morgan fingerprint density at radius 1 is 1.27 bits per heavy atom. The molecular formula is C7H7NO2Pb. The van der Waals surface area contributed by atoms with Gasteiger partial charge in [-0.3, -0.25) is 10.0 Å². The van der Waals surface area contributed by atoms with Crippen LogP contribution in [0.1, 0.15) is 10.4 Å². The summed E-state index contributed by atoms with van der Waals surface area (Å²) in [7, 11) is 0. The summed E-state index contributed by atoms with van der Waals surface area (Å²) in [5.41, 5.74) is 1.99. The molecule has 1 aromatic carbocycles. The molecule has 56 valence electrons. The molecular weight excluding hydrogens is 337 g/mol. The van der Waals surface area contributed by atoms with Gasteiger partial charge in [0, 0.05) is 32.9 Å². The second-order valence-corrected chi connectivity index (χ2v) is 1.81. The Bertz CT molecular complexity index is 225. The van der Waals surface area contributed by atoms with Gasteiger partial charge in [0.05, 0.1) is 0 Å². The Morgan fingerprint density at radius 3 is 2.27 bits per heavy atom. The van der Waals surface area contributed by atoms with Gasteiger partial charge in [0.1, 0.15) is 0 Å². The van der Waals surface area contributed by atoms with E-state index >= 15 is 0 Å². The van der Waals surface area contributed by atoms with Gasteiger partial charge in [-0.05, 0) is 12.1 Å². The number of carbonyl (C=O) groups excluding carboxylic acids is 1. The number of hydrogen-bond acceptors (Lipinski definition) is 2. The van der Waals surface area contributed by atoms with Gasteiger partial charge in [-0.15, -0.1) is 0 Å². The van der Waals surface area contributed by atoms with Crippen molar-refractivity contribution in [2.24, 2.45) is 0 Å². The average molecular weight is 344 g/mol. The summed E-state index contributed by atoms with van der Waals surface area (Å²) in [6.07, 6.45) is 0. The SMILES string of the molecule is O=C(NO)c1ccccc1.[Pb]. The first-order chi connectivity index (χ1) is 4.84. The topological polar surface area (TPSA) is 49.3 Å². The molecule has 3 nitrogen and oxygen atoms in total. The maximum absolute atomic E-state index is 10.7. The van der Waals surface area contributed by atoms with Crippen molar-refractivity contribution in [3.63, 3.8) is 0 Å². The van der Waals surface area contributed by atoms with Gasteiger partial charge in [0.15, 0.2) is 0 Å². The van der Waals surface area contributed by atoms with Gasteiger partial charge >= 0.3 is 0 Å². The molecule has 0 saturated heterocycles. The second-order valence-electron chi connectivity index (χ2n) is 1.81. The Balaban J connectivity index is 0.000001000. The van der Waals surface area contributed by atoms with Crippen LogP contribution in [0, 0.1) is 0 Å². The summed E-state index contributed by atoms with van der Waals surface area (Å²) < 4.78 is 0. The van der Waals surface area contributed by atoms with E-state index in [1.165, 1.54) is 0 Å². The maximum atomic E-state index is 10.7. The van der Waals surface area contributed by atoms with E-state index in [2.05, 4.69) is 0 Å². The van der Waals surface area contributed by atoms with E-state index in [1.807, 2.05) is 0 Å². The maximum Gasteiger partial charge on any atom is 0.274 e. The van der Waals surface area contributed by atoms with E-state index in [0.29, 0.717) is 5.56 Å². The number of amides is 1. The zero-order valence-corrected chi connectivity index (χ0v) is 9.63. The van der Waals surface area contributed by atoms with Crippen molar-refractivity contribution in [3.8, 4) is 0 Å². The molecule has 0 bridgehead atoms. The van der Waals surface area contributed by atoms with E-state index in [9.17, 15) is 4.79 Å². The normalized spacial score (nSPS) is 8.09. The molecule has 0 fully saturated rings. The molecule has 0 atom stereocenters. The number of benzene rings is 1. The fraction of sp³-hybridized carbons (Fsp3) is 0. The Hall–Kier alpha value is -0.428. The first-order valence-corrected chi connectivity index (χ1v) is 2.84. The van der Waals surface area contributed by atoms with Crippen molar-refractivity contribution in [1.82, 2.24) is 5.48 Å². The van der Waals surface area contributed by atoms with Crippen LogP contribution < -0.4 is 5.48 Å². The third-order valence-electron chi connectivity index (χ3n) is 1.14. The molecule has 0 spiro atoms. The van der Waals surface area contributed by atoms with Crippen LogP contribution in [0.3, 0.4) is 0 Å². The predicted octanol–water partition coefficient (Wildman–Crippen LogP) is 0.425. The molecule has 1 rings (SSSR count). The van der Waals surface area contributed by atoms with Gasteiger partial charge in [0.25, 0.3) is 5.91 Å². The monoisotopic (exact) mass is 345 g/mol. The van der Waals surface area contributed by atoms with Crippen LogP contribution in [0.2, 0.25) is 0 Å². The fourth-order valence-electron chi connectivity index (χ4n) is 0.654. The first kappa shape index (κ1) is 10.6. The third-order valence-corrected chi connectivity index (χ3v) is 1.14. The van der Waals surface area contributed by atoms with Crippen LogP contribution in [-0.4, -0.2) is 38.4 Å². The molecule has 0 unspecified atom stereocenters. The van der Waals surface area contributed by atoms with Crippen LogP contribution >= 0.6 is 0 Å². The van der Waals surface area contributed by atoms with Crippen molar-refractivity contribution < 1.29 is 10.0 Å². The van der Waals surface area contributed by atoms with E-state index in [1.54, 1.807) is 35.8 Å². The molecule has 0 aromatic heterocycles. The fourth-order valence-corrected chi connectivity index (χ4v) is 0.654. The Kier molecular flexibility index (Phi) is 5.05. The summed E-state index contributed by atoms with van der Waals surface area (Å²) in [6, 6.07) is 8.49. The van der Waals surface area contributed by atoms with Crippen molar-refractivity contribution in [1.29, 1.82) is 0 Å².